The molecule has 0 amide bonds. The van der Waals surface area contributed by atoms with Gasteiger partial charge in [0.1, 0.15) is 0 Å². The summed E-state index contributed by atoms with van der Waals surface area (Å²) in [6.45, 7) is 6.13. The third-order valence-electron chi connectivity index (χ3n) is 2.42. The van der Waals surface area contributed by atoms with Crippen molar-refractivity contribution in [1.29, 1.82) is 0 Å². The van der Waals surface area contributed by atoms with Gasteiger partial charge in [0.2, 0.25) is 0 Å². The monoisotopic (exact) mass is 206 g/mol. The third kappa shape index (κ3) is 2.29. The molecule has 0 unspecified atom stereocenters. The van der Waals surface area contributed by atoms with Crippen LogP contribution in [-0.2, 0) is 0 Å². The summed E-state index contributed by atoms with van der Waals surface area (Å²) >= 11 is 0. The molecule has 0 atom stereocenters. The van der Waals surface area contributed by atoms with Crippen LogP contribution in [0.25, 0.3) is 0 Å². The molecule has 82 valence electrons. The molecule has 0 aliphatic heterocycles. The lowest BCUT2D eigenvalue weighted by molar-refractivity contribution is 0.310. The molecule has 0 radical (unpaired) electrons. The van der Waals surface area contributed by atoms with E-state index in [1.54, 1.807) is 0 Å². The molecule has 0 spiro atoms. The molecule has 1 aromatic rings. The molecule has 15 heavy (non-hydrogen) atoms. The lowest BCUT2D eigenvalue weighted by Gasteiger charge is -2.18. The van der Waals surface area contributed by atoms with Crippen LogP contribution in [0.1, 0.15) is 22.3 Å². The van der Waals surface area contributed by atoms with Crippen LogP contribution in [0.5, 0.6) is 0 Å². The van der Waals surface area contributed by atoms with Gasteiger partial charge in [-0.3, -0.25) is 0 Å². The first-order valence-corrected chi connectivity index (χ1v) is 4.95. The summed E-state index contributed by atoms with van der Waals surface area (Å²) < 4.78 is 0. The fourth-order valence-corrected chi connectivity index (χ4v) is 1.90. The number of hydrogen-bond acceptors (Lipinski definition) is 2. The molecule has 0 bridgehead atoms. The lowest BCUT2D eigenvalue weighted by atomic mass is 9.98. The van der Waals surface area contributed by atoms with Gasteiger partial charge >= 0.3 is 0 Å². The number of benzene rings is 1. The first-order valence-electron chi connectivity index (χ1n) is 4.95. The first kappa shape index (κ1) is 11.6. The van der Waals surface area contributed by atoms with Crippen LogP contribution in [0, 0.1) is 20.8 Å². The molecule has 1 aromatic carbocycles. The molecule has 0 saturated heterocycles. The van der Waals surface area contributed by atoms with Gasteiger partial charge in [0.15, 0.2) is 5.84 Å². The number of amidine groups is 1. The van der Waals surface area contributed by atoms with E-state index in [0.717, 1.165) is 16.7 Å². The second-order valence-electron chi connectivity index (χ2n) is 4.09. The molecule has 3 nitrogen and oxygen atoms in total. The normalized spacial score (nSPS) is 11.7. The largest absolute Gasteiger partial charge is 0.409 e. The second kappa shape index (κ2) is 4.34. The summed E-state index contributed by atoms with van der Waals surface area (Å²) in [5.74, 6) is 0.602. The fraction of sp³-hybridized carbons (Fsp3) is 0.417. The highest BCUT2D eigenvalue weighted by atomic mass is 16.4. The van der Waals surface area contributed by atoms with E-state index in [2.05, 4.69) is 24.2 Å². The maximum atomic E-state index is 9.01. The quantitative estimate of drug-likeness (QED) is 0.331. The smallest absolute Gasteiger partial charge is 0.175 e. The molecular formula is C12H18N2O. The van der Waals surface area contributed by atoms with Crippen molar-refractivity contribution >= 4 is 5.84 Å². The van der Waals surface area contributed by atoms with Crippen molar-refractivity contribution in [3.05, 3.63) is 34.4 Å². The molecule has 1 N–H and O–H groups in total. The van der Waals surface area contributed by atoms with Gasteiger partial charge in [0.25, 0.3) is 0 Å². The summed E-state index contributed by atoms with van der Waals surface area (Å²) in [7, 11) is 3.74. The lowest BCUT2D eigenvalue weighted by Crippen LogP contribution is -2.25. The minimum Gasteiger partial charge on any atom is -0.409 e. The van der Waals surface area contributed by atoms with Gasteiger partial charge in [-0.05, 0) is 31.9 Å². The number of hydrogen-bond donors (Lipinski definition) is 1. The fourth-order valence-electron chi connectivity index (χ4n) is 1.90. The van der Waals surface area contributed by atoms with E-state index in [4.69, 9.17) is 5.21 Å². The van der Waals surface area contributed by atoms with Crippen molar-refractivity contribution < 1.29 is 5.21 Å². The van der Waals surface area contributed by atoms with E-state index in [0.29, 0.717) is 5.84 Å². The molecule has 0 aromatic heterocycles. The summed E-state index contributed by atoms with van der Waals surface area (Å²) in [5.41, 5.74) is 4.50. The van der Waals surface area contributed by atoms with E-state index in [9.17, 15) is 0 Å². The highest BCUT2D eigenvalue weighted by molar-refractivity contribution is 6.00. The average Bonchev–Trinajstić information content (AvgIpc) is 2.09. The van der Waals surface area contributed by atoms with Gasteiger partial charge in [-0.15, -0.1) is 0 Å². The summed E-state index contributed by atoms with van der Waals surface area (Å²) in [6, 6.07) is 4.19. The van der Waals surface area contributed by atoms with Crippen molar-refractivity contribution in [3.63, 3.8) is 0 Å². The van der Waals surface area contributed by atoms with E-state index < -0.39 is 0 Å². The number of nitrogens with zero attached hydrogens (tertiary/aromatic N) is 2. The van der Waals surface area contributed by atoms with Crippen molar-refractivity contribution in [1.82, 2.24) is 4.90 Å². The topological polar surface area (TPSA) is 35.8 Å². The Labute approximate surface area is 91.0 Å². The van der Waals surface area contributed by atoms with Gasteiger partial charge in [-0.2, -0.15) is 0 Å². The van der Waals surface area contributed by atoms with Crippen LogP contribution in [0.2, 0.25) is 0 Å². The third-order valence-corrected chi connectivity index (χ3v) is 2.42. The zero-order valence-electron chi connectivity index (χ0n) is 10.00. The average molecular weight is 206 g/mol. The molecule has 0 heterocycles. The second-order valence-corrected chi connectivity index (χ2v) is 4.09. The van der Waals surface area contributed by atoms with Crippen LogP contribution < -0.4 is 0 Å². The maximum Gasteiger partial charge on any atom is 0.175 e. The molecule has 0 aliphatic carbocycles. The van der Waals surface area contributed by atoms with Crippen molar-refractivity contribution in [3.8, 4) is 0 Å². The zero-order chi connectivity index (χ0) is 11.6. The van der Waals surface area contributed by atoms with E-state index in [-0.39, 0.29) is 0 Å². The molecule has 0 aliphatic rings. The van der Waals surface area contributed by atoms with Crippen LogP contribution in [0.3, 0.4) is 0 Å². The van der Waals surface area contributed by atoms with Gasteiger partial charge in [-0.25, -0.2) is 0 Å². The Morgan fingerprint density at radius 1 is 1.13 bits per heavy atom. The molecule has 1 rings (SSSR count). The zero-order valence-corrected chi connectivity index (χ0v) is 10.00. The van der Waals surface area contributed by atoms with E-state index >= 15 is 0 Å². The molecule has 3 heteroatoms. The van der Waals surface area contributed by atoms with Gasteiger partial charge in [0.05, 0.1) is 0 Å². The molecular weight excluding hydrogens is 188 g/mol. The van der Waals surface area contributed by atoms with Gasteiger partial charge < -0.3 is 10.1 Å². The van der Waals surface area contributed by atoms with Gasteiger partial charge in [0, 0.05) is 19.7 Å². The Kier molecular flexibility index (Phi) is 3.35. The Hall–Kier alpha value is -1.51. The van der Waals surface area contributed by atoms with Crippen molar-refractivity contribution in [2.75, 3.05) is 14.1 Å². The standard InChI is InChI=1S/C12H18N2O/c1-8-6-9(2)11(10(3)7-8)12(13-15)14(4)5/h6-7,15H,1-5H3. The van der Waals surface area contributed by atoms with E-state index in [1.807, 2.05) is 32.8 Å². The summed E-state index contributed by atoms with van der Waals surface area (Å²) in [5, 5.41) is 12.4. The molecule has 0 saturated carbocycles. The summed E-state index contributed by atoms with van der Waals surface area (Å²) in [4.78, 5) is 1.81. The van der Waals surface area contributed by atoms with Crippen LogP contribution in [-0.4, -0.2) is 30.0 Å². The Balaban J connectivity index is 3.37. The highest BCUT2D eigenvalue weighted by Crippen LogP contribution is 2.18. The predicted molar refractivity (Wildman–Crippen MR) is 62.7 cm³/mol. The predicted octanol–water partition coefficient (Wildman–Crippen LogP) is 2.31. The number of oxime groups is 1. The minimum atomic E-state index is 0.602. The van der Waals surface area contributed by atoms with Crippen LogP contribution in [0.4, 0.5) is 0 Å². The Morgan fingerprint density at radius 3 is 1.93 bits per heavy atom. The Bertz CT molecular complexity index is 372. The van der Waals surface area contributed by atoms with Crippen LogP contribution >= 0.6 is 0 Å². The maximum absolute atomic E-state index is 9.01. The van der Waals surface area contributed by atoms with Crippen LogP contribution in [0.15, 0.2) is 17.3 Å². The summed E-state index contributed by atoms with van der Waals surface area (Å²) in [6.07, 6.45) is 0. The minimum absolute atomic E-state index is 0.602. The number of rotatable bonds is 1. The number of aryl methyl sites for hydroxylation is 3. The highest BCUT2D eigenvalue weighted by Gasteiger charge is 2.13. The van der Waals surface area contributed by atoms with Crippen molar-refractivity contribution in [2.24, 2.45) is 5.16 Å². The van der Waals surface area contributed by atoms with Crippen molar-refractivity contribution in [2.45, 2.75) is 20.8 Å². The SMILES string of the molecule is Cc1cc(C)c(C(=NO)N(C)C)c(C)c1. The van der Waals surface area contributed by atoms with E-state index in [1.165, 1.54) is 5.56 Å². The first-order chi connectivity index (χ1) is 6.97. The molecule has 0 fully saturated rings. The Morgan fingerprint density at radius 2 is 1.60 bits per heavy atom. The van der Waals surface area contributed by atoms with Gasteiger partial charge in [-0.1, -0.05) is 22.9 Å².